The molecule has 0 N–H and O–H groups in total. The van der Waals surface area contributed by atoms with E-state index in [9.17, 15) is 14.4 Å². The summed E-state index contributed by atoms with van der Waals surface area (Å²) in [6.45, 7) is 3.04. The lowest BCUT2D eigenvalue weighted by Crippen LogP contribution is -2.39. The Balaban J connectivity index is 1.97. The fourth-order valence-electron chi connectivity index (χ4n) is 3.66. The minimum Gasteiger partial charge on any atom is -0.466 e. The Hall–Kier alpha value is -3.30. The Labute approximate surface area is 201 Å². The molecule has 0 aliphatic carbocycles. The molecule has 2 heterocycles. The summed E-state index contributed by atoms with van der Waals surface area (Å²) in [5, 5.41) is 0. The van der Waals surface area contributed by atoms with E-state index in [-0.39, 0.29) is 5.56 Å². The highest BCUT2D eigenvalue weighted by molar-refractivity contribution is 9.10. The smallest absolute Gasteiger partial charge is 0.338 e. The Kier molecular flexibility index (Phi) is 6.44. The van der Waals surface area contributed by atoms with Crippen molar-refractivity contribution < 1.29 is 19.1 Å². The molecular formula is C24H19BrN2O5S. The monoisotopic (exact) mass is 526 g/mol. The van der Waals surface area contributed by atoms with Crippen molar-refractivity contribution in [2.75, 3.05) is 7.11 Å². The molecule has 0 fully saturated rings. The second kappa shape index (κ2) is 9.29. The summed E-state index contributed by atoms with van der Waals surface area (Å²) in [6.07, 6.45) is 1.66. The summed E-state index contributed by atoms with van der Waals surface area (Å²) in [7, 11) is 1.31. The lowest BCUT2D eigenvalue weighted by molar-refractivity contribution is -0.136. The second-order valence-corrected chi connectivity index (χ2v) is 9.18. The molecule has 0 unspecified atom stereocenters. The van der Waals surface area contributed by atoms with Crippen molar-refractivity contribution in [1.82, 2.24) is 4.57 Å². The molecule has 1 aliphatic rings. The van der Waals surface area contributed by atoms with Gasteiger partial charge in [0.15, 0.2) is 4.80 Å². The molecule has 0 spiro atoms. The molecule has 0 saturated heterocycles. The van der Waals surface area contributed by atoms with Crippen LogP contribution in [0, 0.1) is 0 Å². The number of carbonyl (C=O) groups excluding carboxylic acids is 2. The van der Waals surface area contributed by atoms with E-state index in [0.717, 1.165) is 10.0 Å². The Morgan fingerprint density at radius 3 is 2.58 bits per heavy atom. The minimum absolute atomic E-state index is 0.310. The summed E-state index contributed by atoms with van der Waals surface area (Å²) in [4.78, 5) is 42.7. The molecule has 7 nitrogen and oxygen atoms in total. The number of ether oxygens (including phenoxy) is 2. The maximum atomic E-state index is 13.6. The molecule has 1 aromatic heterocycles. The van der Waals surface area contributed by atoms with Gasteiger partial charge >= 0.3 is 11.9 Å². The summed E-state index contributed by atoms with van der Waals surface area (Å²) in [6, 6.07) is 13.8. The van der Waals surface area contributed by atoms with E-state index in [1.807, 2.05) is 30.3 Å². The zero-order chi connectivity index (χ0) is 23.7. The van der Waals surface area contributed by atoms with Crippen LogP contribution in [-0.4, -0.2) is 23.6 Å². The number of allylic oxidation sites excluding steroid dienone is 1. The van der Waals surface area contributed by atoms with E-state index < -0.39 is 18.0 Å². The Morgan fingerprint density at radius 2 is 1.91 bits per heavy atom. The number of fused-ring (bicyclic) bond motifs is 1. The second-order valence-electron chi connectivity index (χ2n) is 7.26. The molecule has 1 atom stereocenters. The predicted molar refractivity (Wildman–Crippen MR) is 128 cm³/mol. The zero-order valence-corrected chi connectivity index (χ0v) is 20.4. The first-order valence-corrected chi connectivity index (χ1v) is 11.5. The normalized spacial score (nSPS) is 15.6. The van der Waals surface area contributed by atoms with Crippen LogP contribution in [-0.2, 0) is 14.3 Å². The highest BCUT2D eigenvalue weighted by Gasteiger charge is 2.32. The number of benzene rings is 2. The van der Waals surface area contributed by atoms with Gasteiger partial charge in [0.05, 0.1) is 29.0 Å². The number of aromatic nitrogens is 1. The van der Waals surface area contributed by atoms with Gasteiger partial charge in [0.2, 0.25) is 0 Å². The molecule has 2 aromatic carbocycles. The number of nitrogens with zero attached hydrogens (tertiary/aromatic N) is 2. The molecule has 9 heteroatoms. The lowest BCUT2D eigenvalue weighted by atomic mass is 9.96. The predicted octanol–water partition coefficient (Wildman–Crippen LogP) is 3.10. The average molecular weight is 527 g/mol. The van der Waals surface area contributed by atoms with E-state index in [0.29, 0.717) is 31.9 Å². The van der Waals surface area contributed by atoms with Crippen molar-refractivity contribution in [3.8, 4) is 5.75 Å². The maximum absolute atomic E-state index is 13.6. The minimum atomic E-state index is -0.674. The van der Waals surface area contributed by atoms with E-state index in [1.54, 1.807) is 31.2 Å². The third kappa shape index (κ3) is 4.46. The van der Waals surface area contributed by atoms with Crippen LogP contribution in [0.1, 0.15) is 31.0 Å². The number of esters is 2. The third-order valence-corrected chi connectivity index (χ3v) is 6.53. The van der Waals surface area contributed by atoms with Gasteiger partial charge in [0.25, 0.3) is 5.56 Å². The maximum Gasteiger partial charge on any atom is 0.338 e. The fourth-order valence-corrected chi connectivity index (χ4v) is 5.08. The number of hydrogen-bond donors (Lipinski definition) is 0. The first-order valence-electron chi connectivity index (χ1n) is 9.94. The van der Waals surface area contributed by atoms with Crippen LogP contribution in [0.25, 0.3) is 6.08 Å². The third-order valence-electron chi connectivity index (χ3n) is 5.05. The quantitative estimate of drug-likeness (QED) is 0.385. The molecule has 4 rings (SSSR count). The van der Waals surface area contributed by atoms with Crippen molar-refractivity contribution >= 4 is 45.3 Å². The van der Waals surface area contributed by atoms with Crippen LogP contribution < -0.4 is 19.6 Å². The molecule has 0 saturated carbocycles. The van der Waals surface area contributed by atoms with Crippen molar-refractivity contribution in [3.05, 3.63) is 95.1 Å². The van der Waals surface area contributed by atoms with Crippen molar-refractivity contribution in [2.45, 2.75) is 19.9 Å². The first kappa shape index (κ1) is 22.9. The zero-order valence-electron chi connectivity index (χ0n) is 18.0. The van der Waals surface area contributed by atoms with E-state index >= 15 is 0 Å². The van der Waals surface area contributed by atoms with Crippen molar-refractivity contribution in [2.24, 2.45) is 4.99 Å². The summed E-state index contributed by atoms with van der Waals surface area (Å²) in [5.74, 6) is -0.665. The molecule has 33 heavy (non-hydrogen) atoms. The van der Waals surface area contributed by atoms with Gasteiger partial charge in [-0.05, 0) is 36.8 Å². The van der Waals surface area contributed by atoms with E-state index in [2.05, 4.69) is 20.9 Å². The van der Waals surface area contributed by atoms with Crippen LogP contribution in [0.2, 0.25) is 0 Å². The summed E-state index contributed by atoms with van der Waals surface area (Å²) < 4.78 is 13.0. The van der Waals surface area contributed by atoms with E-state index in [1.165, 1.54) is 29.9 Å². The Morgan fingerprint density at radius 1 is 1.18 bits per heavy atom. The largest absolute Gasteiger partial charge is 0.466 e. The summed E-state index contributed by atoms with van der Waals surface area (Å²) in [5.41, 5.74) is 1.82. The molecule has 0 radical (unpaired) electrons. The van der Waals surface area contributed by atoms with Crippen LogP contribution in [0.15, 0.2) is 74.1 Å². The van der Waals surface area contributed by atoms with Crippen molar-refractivity contribution in [1.29, 1.82) is 0 Å². The molecule has 0 bridgehead atoms. The number of carbonyl (C=O) groups is 2. The first-order chi connectivity index (χ1) is 15.8. The molecular weight excluding hydrogens is 508 g/mol. The van der Waals surface area contributed by atoms with Gasteiger partial charge in [0, 0.05) is 17.0 Å². The topological polar surface area (TPSA) is 87.0 Å². The highest BCUT2D eigenvalue weighted by atomic mass is 79.9. The number of thiazole rings is 1. The lowest BCUT2D eigenvalue weighted by Gasteiger charge is -2.24. The molecule has 168 valence electrons. The summed E-state index contributed by atoms with van der Waals surface area (Å²) >= 11 is 4.61. The standard InChI is InChI=1S/C24H19BrN2O5S/c1-13-20(23(30)31-3)21(15-7-5-4-6-8-15)27-22(29)19(33-24(27)26-13)12-16-11-17(25)9-10-18(16)32-14(2)28/h4-12,21H,1-3H3/b19-12-/t21-/m0/s1. The fraction of sp³-hybridized carbons (Fsp3) is 0.167. The van der Waals surface area contributed by atoms with Crippen LogP contribution in [0.3, 0.4) is 0 Å². The van der Waals surface area contributed by atoms with Crippen molar-refractivity contribution in [3.63, 3.8) is 0 Å². The van der Waals surface area contributed by atoms with E-state index in [4.69, 9.17) is 9.47 Å². The van der Waals surface area contributed by atoms with Gasteiger partial charge in [-0.25, -0.2) is 9.79 Å². The number of methoxy groups -OCH3 is 1. The average Bonchev–Trinajstić information content (AvgIpc) is 3.09. The highest BCUT2D eigenvalue weighted by Crippen LogP contribution is 2.30. The number of hydrogen-bond acceptors (Lipinski definition) is 7. The van der Waals surface area contributed by atoms with Gasteiger partial charge in [-0.3, -0.25) is 14.2 Å². The van der Waals surface area contributed by atoms with Crippen LogP contribution in [0.4, 0.5) is 0 Å². The van der Waals surface area contributed by atoms with Gasteiger partial charge in [-0.15, -0.1) is 0 Å². The van der Waals surface area contributed by atoms with Gasteiger partial charge < -0.3 is 9.47 Å². The van der Waals surface area contributed by atoms with Gasteiger partial charge in [-0.2, -0.15) is 0 Å². The molecule has 1 aliphatic heterocycles. The molecule has 3 aromatic rings. The SMILES string of the molecule is COC(=O)C1=C(C)N=c2s/c(=C\c3cc(Br)ccc3OC(C)=O)c(=O)n2[C@H]1c1ccccc1. The molecule has 0 amide bonds. The number of halogens is 1. The number of rotatable bonds is 4. The van der Waals surface area contributed by atoms with Gasteiger partial charge in [-0.1, -0.05) is 57.6 Å². The Bertz CT molecular complexity index is 1470. The van der Waals surface area contributed by atoms with Crippen LogP contribution in [0.5, 0.6) is 5.75 Å². The van der Waals surface area contributed by atoms with Crippen LogP contribution >= 0.6 is 27.3 Å². The van der Waals surface area contributed by atoms with Gasteiger partial charge in [0.1, 0.15) is 5.75 Å².